The molecule has 0 unspecified atom stereocenters. The molecule has 0 aliphatic heterocycles. The van der Waals surface area contributed by atoms with Crippen LogP contribution in [0.1, 0.15) is 54.7 Å². The van der Waals surface area contributed by atoms with E-state index < -0.39 is 23.3 Å². The van der Waals surface area contributed by atoms with E-state index >= 15 is 0 Å². The van der Waals surface area contributed by atoms with Gasteiger partial charge >= 0.3 is 17.9 Å². The van der Waals surface area contributed by atoms with Gasteiger partial charge in [-0.05, 0) is 96.4 Å². The van der Waals surface area contributed by atoms with Crippen LogP contribution >= 0.6 is 0 Å². The topological polar surface area (TPSA) is 200 Å². The van der Waals surface area contributed by atoms with Gasteiger partial charge in [0.1, 0.15) is 51.7 Å². The van der Waals surface area contributed by atoms with Crippen molar-refractivity contribution in [3.8, 4) is 51.7 Å². The Kier molecular flexibility index (Phi) is 9.61. The summed E-state index contributed by atoms with van der Waals surface area (Å²) in [5, 5.41) is 58.6. The van der Waals surface area contributed by atoms with Crippen LogP contribution in [-0.2, 0) is 5.41 Å². The van der Waals surface area contributed by atoms with E-state index in [0.717, 1.165) is 71.3 Å². The zero-order valence-electron chi connectivity index (χ0n) is 27.8. The number of benzene rings is 6. The number of carbonyl (C=O) groups is 3. The standard InChI is InChI=1S/C41H30O12/c1-41(26-2-8-35(9-3-26)51-38(48)23-14-29(42)20-30(43)15-23,27-4-10-36(11-5-27)52-39(49)24-16-31(44)21-32(45)17-24)28-6-12-37(13-7-28)53-40(50)25-18-33(46)22-34(47)19-25/h2-22,42-47H,1H3. The number of hydrogen-bond donors (Lipinski definition) is 6. The summed E-state index contributed by atoms with van der Waals surface area (Å²) in [6, 6.07) is 30.2. The molecule has 6 aromatic carbocycles. The SMILES string of the molecule is CC(c1ccc(OC(=O)c2cc(O)cc(O)c2)cc1)(c1ccc(OC(=O)c2cc(O)cc(O)c2)cc1)c1ccc(OC(=O)c2cc(O)cc(O)c2)cc1. The molecule has 53 heavy (non-hydrogen) atoms. The Morgan fingerprint density at radius 1 is 0.377 bits per heavy atom. The van der Waals surface area contributed by atoms with E-state index in [4.69, 9.17) is 14.2 Å². The first-order valence-electron chi connectivity index (χ1n) is 15.8. The Bertz CT molecular complexity index is 2010. The third-order valence-electron chi connectivity index (χ3n) is 8.34. The zero-order valence-corrected chi connectivity index (χ0v) is 27.8. The van der Waals surface area contributed by atoms with Gasteiger partial charge in [-0.1, -0.05) is 36.4 Å². The van der Waals surface area contributed by atoms with Crippen LogP contribution in [0.4, 0.5) is 0 Å². The number of aromatic hydroxyl groups is 6. The van der Waals surface area contributed by atoms with Crippen molar-refractivity contribution in [1.82, 2.24) is 0 Å². The van der Waals surface area contributed by atoms with Crippen LogP contribution in [0, 0.1) is 0 Å². The molecule has 6 N–H and O–H groups in total. The Labute approximate surface area is 301 Å². The van der Waals surface area contributed by atoms with Crippen molar-refractivity contribution in [2.24, 2.45) is 0 Å². The monoisotopic (exact) mass is 714 g/mol. The van der Waals surface area contributed by atoms with Gasteiger partial charge in [-0.2, -0.15) is 0 Å². The van der Waals surface area contributed by atoms with Crippen molar-refractivity contribution in [3.05, 3.63) is 161 Å². The van der Waals surface area contributed by atoms with Crippen molar-refractivity contribution in [2.75, 3.05) is 0 Å². The van der Waals surface area contributed by atoms with Gasteiger partial charge in [-0.25, -0.2) is 14.4 Å². The summed E-state index contributed by atoms with van der Waals surface area (Å²) in [6.07, 6.45) is 0. The van der Waals surface area contributed by atoms with Crippen molar-refractivity contribution >= 4 is 17.9 Å². The quantitative estimate of drug-likeness (QED) is 0.0513. The molecular formula is C41H30O12. The molecular weight excluding hydrogens is 684 g/mol. The second-order valence-electron chi connectivity index (χ2n) is 12.1. The second kappa shape index (κ2) is 14.4. The Balaban J connectivity index is 1.30. The van der Waals surface area contributed by atoms with E-state index in [1.165, 1.54) is 0 Å². The minimum atomic E-state index is -0.918. The zero-order chi connectivity index (χ0) is 37.9. The van der Waals surface area contributed by atoms with Crippen LogP contribution < -0.4 is 14.2 Å². The molecule has 0 saturated heterocycles. The van der Waals surface area contributed by atoms with Crippen LogP contribution in [0.15, 0.2) is 127 Å². The highest BCUT2D eigenvalue weighted by atomic mass is 16.5. The lowest BCUT2D eigenvalue weighted by Crippen LogP contribution is -2.25. The molecule has 0 atom stereocenters. The van der Waals surface area contributed by atoms with Crippen LogP contribution in [0.5, 0.6) is 51.7 Å². The first kappa shape index (κ1) is 35.4. The lowest BCUT2D eigenvalue weighted by Gasteiger charge is -2.32. The van der Waals surface area contributed by atoms with Crippen molar-refractivity contribution < 1.29 is 59.2 Å². The van der Waals surface area contributed by atoms with Crippen LogP contribution in [0.25, 0.3) is 0 Å². The van der Waals surface area contributed by atoms with Crippen LogP contribution in [0.3, 0.4) is 0 Å². The highest BCUT2D eigenvalue weighted by Crippen LogP contribution is 2.41. The molecule has 266 valence electrons. The molecule has 0 heterocycles. The van der Waals surface area contributed by atoms with Gasteiger partial charge in [0.05, 0.1) is 16.7 Å². The minimum Gasteiger partial charge on any atom is -0.508 e. The Hall–Kier alpha value is -7.47. The molecule has 0 aromatic heterocycles. The predicted octanol–water partition coefficient (Wildman–Crippen LogP) is 6.93. The molecule has 6 rings (SSSR count). The van der Waals surface area contributed by atoms with Crippen LogP contribution in [-0.4, -0.2) is 48.5 Å². The fraction of sp³-hybridized carbons (Fsp3) is 0.0488. The summed E-state index contributed by atoms with van der Waals surface area (Å²) in [4.78, 5) is 38.2. The van der Waals surface area contributed by atoms with Crippen molar-refractivity contribution in [2.45, 2.75) is 12.3 Å². The maximum Gasteiger partial charge on any atom is 0.343 e. The van der Waals surface area contributed by atoms with Gasteiger partial charge < -0.3 is 44.8 Å². The first-order chi connectivity index (χ1) is 25.3. The van der Waals surface area contributed by atoms with E-state index in [-0.39, 0.29) is 68.4 Å². The molecule has 12 nitrogen and oxygen atoms in total. The second-order valence-corrected chi connectivity index (χ2v) is 12.1. The summed E-state index contributed by atoms with van der Waals surface area (Å²) in [5.41, 5.74) is 1.10. The normalized spacial score (nSPS) is 11.0. The number of rotatable bonds is 9. The highest BCUT2D eigenvalue weighted by molar-refractivity contribution is 5.93. The molecule has 0 aliphatic rings. The largest absolute Gasteiger partial charge is 0.508 e. The van der Waals surface area contributed by atoms with E-state index in [0.29, 0.717) is 0 Å². The molecule has 0 spiro atoms. The number of esters is 3. The lowest BCUT2D eigenvalue weighted by molar-refractivity contribution is 0.0724. The van der Waals surface area contributed by atoms with Crippen molar-refractivity contribution in [3.63, 3.8) is 0 Å². The summed E-state index contributed by atoms with van der Waals surface area (Å²) in [5.74, 6) is -3.67. The number of phenols is 6. The fourth-order valence-corrected chi connectivity index (χ4v) is 5.71. The number of phenolic OH excluding ortho intramolecular Hbond substituents is 6. The maximum absolute atomic E-state index is 12.7. The Morgan fingerprint density at radius 2 is 0.585 bits per heavy atom. The average molecular weight is 715 g/mol. The average Bonchev–Trinajstić information content (AvgIpc) is 3.11. The van der Waals surface area contributed by atoms with Gasteiger partial charge in [0.2, 0.25) is 0 Å². The van der Waals surface area contributed by atoms with Crippen molar-refractivity contribution in [1.29, 1.82) is 0 Å². The minimum absolute atomic E-state index is 0.0558. The number of carbonyl (C=O) groups excluding carboxylic acids is 3. The molecule has 0 saturated carbocycles. The molecule has 6 aromatic rings. The van der Waals surface area contributed by atoms with Gasteiger partial charge in [0.25, 0.3) is 0 Å². The molecule has 0 fully saturated rings. The van der Waals surface area contributed by atoms with Gasteiger partial charge in [-0.15, -0.1) is 0 Å². The number of ether oxygens (including phenoxy) is 3. The van der Waals surface area contributed by atoms with Gasteiger partial charge in [0.15, 0.2) is 0 Å². The molecule has 0 radical (unpaired) electrons. The first-order valence-corrected chi connectivity index (χ1v) is 15.8. The lowest BCUT2D eigenvalue weighted by atomic mass is 9.71. The van der Waals surface area contributed by atoms with E-state index in [2.05, 4.69) is 0 Å². The smallest absolute Gasteiger partial charge is 0.343 e. The van der Waals surface area contributed by atoms with E-state index in [1.54, 1.807) is 72.8 Å². The highest BCUT2D eigenvalue weighted by Gasteiger charge is 2.32. The Morgan fingerprint density at radius 3 is 0.792 bits per heavy atom. The molecule has 0 bridgehead atoms. The van der Waals surface area contributed by atoms with Crippen LogP contribution in [0.2, 0.25) is 0 Å². The predicted molar refractivity (Wildman–Crippen MR) is 189 cm³/mol. The summed E-state index contributed by atoms with van der Waals surface area (Å²) in [6.45, 7) is 1.93. The molecule has 12 heteroatoms. The molecule has 0 aliphatic carbocycles. The third kappa shape index (κ3) is 7.97. The summed E-state index contributed by atoms with van der Waals surface area (Å²) in [7, 11) is 0. The van der Waals surface area contributed by atoms with E-state index in [1.807, 2.05) is 6.92 Å². The summed E-state index contributed by atoms with van der Waals surface area (Å²) >= 11 is 0. The van der Waals surface area contributed by atoms with Gasteiger partial charge in [-0.3, -0.25) is 0 Å². The maximum atomic E-state index is 12.7. The summed E-state index contributed by atoms with van der Waals surface area (Å²) < 4.78 is 16.4. The third-order valence-corrected chi connectivity index (χ3v) is 8.34. The fourth-order valence-electron chi connectivity index (χ4n) is 5.71. The van der Waals surface area contributed by atoms with Gasteiger partial charge in [0, 0.05) is 23.6 Å². The van der Waals surface area contributed by atoms with E-state index in [9.17, 15) is 45.0 Å². The molecule has 0 amide bonds. The number of hydrogen-bond acceptors (Lipinski definition) is 12.